The van der Waals surface area contributed by atoms with Crippen LogP contribution in [0.15, 0.2) is 170 Å². The molecule has 59 heavy (non-hydrogen) atoms. The molecule has 0 saturated carbocycles. The molecule has 0 amide bonds. The molecule has 5 aromatic heterocycles. The van der Waals surface area contributed by atoms with Crippen molar-refractivity contribution in [3.63, 3.8) is 0 Å². The van der Waals surface area contributed by atoms with Gasteiger partial charge in [0.15, 0.2) is 11.6 Å². The van der Waals surface area contributed by atoms with E-state index in [1.54, 1.807) is 0 Å². The Morgan fingerprint density at radius 2 is 0.780 bits per heavy atom. The van der Waals surface area contributed by atoms with Gasteiger partial charge in [0.2, 0.25) is 5.95 Å². The predicted octanol–water partition coefficient (Wildman–Crippen LogP) is 16.1. The summed E-state index contributed by atoms with van der Waals surface area (Å²) in [4.78, 5) is 18.5. The molecule has 0 N–H and O–H groups in total. The molecule has 4 nitrogen and oxygen atoms in total. The monoisotopic (exact) mass is 824 g/mol. The van der Waals surface area contributed by atoms with Gasteiger partial charge in [0.25, 0.3) is 0 Å². The fourth-order valence-corrected chi connectivity index (χ4v) is 13.1. The molecular weight excluding hydrogens is 797 g/mol. The number of anilines is 3. The average molecular weight is 825 g/mol. The Morgan fingerprint density at radius 1 is 0.322 bits per heavy atom. The van der Waals surface area contributed by atoms with Crippen LogP contribution in [0.5, 0.6) is 0 Å². The topological polar surface area (TPSA) is 41.9 Å². The van der Waals surface area contributed by atoms with Gasteiger partial charge in [-0.2, -0.15) is 9.97 Å². The fourth-order valence-electron chi connectivity index (χ4n) is 8.61. The first-order valence-electron chi connectivity index (χ1n) is 19.4. The third-order valence-corrected chi connectivity index (χ3v) is 15.9. The molecule has 5 heterocycles. The minimum Gasteiger partial charge on any atom is -0.278 e. The van der Waals surface area contributed by atoms with Crippen molar-refractivity contribution in [2.75, 3.05) is 4.90 Å². The lowest BCUT2D eigenvalue weighted by Crippen LogP contribution is -2.15. The van der Waals surface area contributed by atoms with E-state index < -0.39 is 0 Å². The van der Waals surface area contributed by atoms with Crippen LogP contribution in [-0.4, -0.2) is 15.0 Å². The maximum absolute atomic E-state index is 5.47. The maximum atomic E-state index is 5.47. The summed E-state index contributed by atoms with van der Waals surface area (Å²) in [5.41, 5.74) is 3.93. The minimum absolute atomic E-state index is 0.568. The van der Waals surface area contributed by atoms with Gasteiger partial charge in [-0.1, -0.05) is 84.9 Å². The third kappa shape index (κ3) is 5.27. The van der Waals surface area contributed by atoms with Crippen LogP contribution in [0.1, 0.15) is 0 Å². The molecular formula is C51H28N4S4. The van der Waals surface area contributed by atoms with Gasteiger partial charge in [0, 0.05) is 91.8 Å². The Labute approximate surface area is 353 Å². The van der Waals surface area contributed by atoms with E-state index in [0.29, 0.717) is 17.6 Å². The van der Waals surface area contributed by atoms with Crippen LogP contribution in [0.4, 0.5) is 17.3 Å². The van der Waals surface area contributed by atoms with Crippen LogP contribution in [0.3, 0.4) is 0 Å². The number of hydrogen-bond acceptors (Lipinski definition) is 8. The Kier molecular flexibility index (Phi) is 7.35. The van der Waals surface area contributed by atoms with Crippen molar-refractivity contribution in [2.45, 2.75) is 0 Å². The van der Waals surface area contributed by atoms with E-state index in [1.807, 2.05) is 45.3 Å². The van der Waals surface area contributed by atoms with Gasteiger partial charge in [-0.25, -0.2) is 4.98 Å². The van der Waals surface area contributed by atoms with Gasteiger partial charge < -0.3 is 0 Å². The van der Waals surface area contributed by atoms with E-state index >= 15 is 0 Å². The molecule has 8 aromatic carbocycles. The highest BCUT2D eigenvalue weighted by molar-refractivity contribution is 7.27. The van der Waals surface area contributed by atoms with E-state index in [4.69, 9.17) is 15.0 Å². The first kappa shape index (κ1) is 33.4. The molecule has 0 aliphatic heterocycles. The molecule has 0 aliphatic carbocycles. The standard InChI is InChI=1S/C51H28N4S4/c1-5-15-40-32(10-1)35-23-22-31(28-47(35)59-40)55(39-14-9-19-46-48(39)36-13-4-8-18-43(36)58-46)51-53-49(29-20-24-44-37(26-29)33-11-2-6-16-41(33)56-44)52-50(54-51)30-21-25-45-38(27-30)34-12-3-7-17-42(34)57-45/h1-28H. The van der Waals surface area contributed by atoms with Crippen molar-refractivity contribution in [3.05, 3.63) is 170 Å². The van der Waals surface area contributed by atoms with Crippen molar-refractivity contribution in [3.8, 4) is 22.8 Å². The van der Waals surface area contributed by atoms with Crippen LogP contribution in [-0.2, 0) is 0 Å². The van der Waals surface area contributed by atoms with Crippen LogP contribution in [0.2, 0.25) is 0 Å². The van der Waals surface area contributed by atoms with Crippen LogP contribution in [0, 0.1) is 0 Å². The van der Waals surface area contributed by atoms with Gasteiger partial charge >= 0.3 is 0 Å². The van der Waals surface area contributed by atoms with E-state index in [-0.39, 0.29) is 0 Å². The highest BCUT2D eigenvalue weighted by atomic mass is 32.1. The zero-order valence-corrected chi connectivity index (χ0v) is 34.4. The second kappa shape index (κ2) is 13.0. The normalized spacial score (nSPS) is 12.1. The summed E-state index contributed by atoms with van der Waals surface area (Å²) >= 11 is 7.28. The highest BCUT2D eigenvalue weighted by Crippen LogP contribution is 2.47. The van der Waals surface area contributed by atoms with Gasteiger partial charge in [0.05, 0.1) is 11.4 Å². The van der Waals surface area contributed by atoms with Crippen molar-refractivity contribution in [2.24, 2.45) is 0 Å². The summed E-state index contributed by atoms with van der Waals surface area (Å²) in [6.07, 6.45) is 0. The summed E-state index contributed by atoms with van der Waals surface area (Å²) < 4.78 is 9.99. The number of rotatable bonds is 5. The fraction of sp³-hybridized carbons (Fsp3) is 0. The molecule has 13 rings (SSSR count). The molecule has 276 valence electrons. The van der Waals surface area contributed by atoms with Crippen LogP contribution in [0.25, 0.3) is 103 Å². The molecule has 13 aromatic rings. The molecule has 0 radical (unpaired) electrons. The Balaban J connectivity index is 1.10. The van der Waals surface area contributed by atoms with Crippen molar-refractivity contribution >= 4 is 143 Å². The second-order valence-corrected chi connectivity index (χ2v) is 19.1. The molecule has 0 spiro atoms. The minimum atomic E-state index is 0.568. The van der Waals surface area contributed by atoms with E-state index in [0.717, 1.165) is 22.5 Å². The maximum Gasteiger partial charge on any atom is 0.238 e. The van der Waals surface area contributed by atoms with Gasteiger partial charge in [-0.05, 0) is 84.9 Å². The lowest BCUT2D eigenvalue weighted by Gasteiger charge is -2.25. The third-order valence-electron chi connectivity index (χ3n) is 11.3. The number of nitrogens with zero attached hydrogens (tertiary/aromatic N) is 4. The quantitative estimate of drug-likeness (QED) is 0.173. The largest absolute Gasteiger partial charge is 0.278 e. The summed E-state index contributed by atoms with van der Waals surface area (Å²) in [5.74, 6) is 1.83. The van der Waals surface area contributed by atoms with Gasteiger partial charge in [0.1, 0.15) is 0 Å². The predicted molar refractivity (Wildman–Crippen MR) is 257 cm³/mol. The van der Waals surface area contributed by atoms with Gasteiger partial charge in [-0.15, -0.1) is 45.3 Å². The number of aromatic nitrogens is 3. The molecule has 0 atom stereocenters. The van der Waals surface area contributed by atoms with Gasteiger partial charge in [-0.3, -0.25) is 4.90 Å². The SMILES string of the molecule is c1ccc2c(c1)sc1cc(N(c3nc(-c4ccc5sc6ccccc6c5c4)nc(-c4ccc5sc6ccccc6c5c4)n3)c3cccc4sc5ccccc5c34)ccc12. The molecule has 0 saturated heterocycles. The van der Waals surface area contributed by atoms with E-state index in [2.05, 4.69) is 175 Å². The zero-order chi connectivity index (χ0) is 38.6. The second-order valence-electron chi connectivity index (χ2n) is 14.8. The number of hydrogen-bond donors (Lipinski definition) is 0. The van der Waals surface area contributed by atoms with E-state index in [9.17, 15) is 0 Å². The molecule has 0 unspecified atom stereocenters. The summed E-state index contributed by atoms with van der Waals surface area (Å²) in [7, 11) is 0. The zero-order valence-electron chi connectivity index (χ0n) is 31.1. The van der Waals surface area contributed by atoms with Crippen LogP contribution >= 0.6 is 45.3 Å². The van der Waals surface area contributed by atoms with Crippen molar-refractivity contribution < 1.29 is 0 Å². The van der Waals surface area contributed by atoms with Crippen molar-refractivity contribution in [1.82, 2.24) is 15.0 Å². The summed E-state index contributed by atoms with van der Waals surface area (Å²) in [6, 6.07) is 61.3. The molecule has 0 aliphatic rings. The van der Waals surface area contributed by atoms with Crippen LogP contribution < -0.4 is 4.90 Å². The van der Waals surface area contributed by atoms with E-state index in [1.165, 1.54) is 80.7 Å². The highest BCUT2D eigenvalue weighted by Gasteiger charge is 2.24. The summed E-state index contributed by atoms with van der Waals surface area (Å²) in [6.45, 7) is 0. The van der Waals surface area contributed by atoms with Crippen molar-refractivity contribution in [1.29, 1.82) is 0 Å². The average Bonchev–Trinajstić information content (AvgIpc) is 4.06. The number of benzene rings is 8. The molecule has 0 bridgehead atoms. The number of thiophene rings is 4. The summed E-state index contributed by atoms with van der Waals surface area (Å²) in [5, 5.41) is 9.83. The first-order valence-corrected chi connectivity index (χ1v) is 22.7. The molecule has 8 heteroatoms. The first-order chi connectivity index (χ1) is 29.2. The molecule has 0 fully saturated rings. The lowest BCUT2D eigenvalue weighted by molar-refractivity contribution is 1.03. The Bertz CT molecular complexity index is 3700. The Hall–Kier alpha value is -6.55. The number of fused-ring (bicyclic) bond motifs is 12. The lowest BCUT2D eigenvalue weighted by atomic mass is 10.1. The smallest absolute Gasteiger partial charge is 0.238 e. The Morgan fingerprint density at radius 3 is 1.39 bits per heavy atom.